The molecule has 8 heteroatoms. The molecular weight excluding hydrogens is 286 g/mol. The van der Waals surface area contributed by atoms with Crippen LogP contribution in [0, 0.1) is 6.92 Å². The third kappa shape index (κ3) is 2.59. The van der Waals surface area contributed by atoms with Crippen LogP contribution in [0.25, 0.3) is 0 Å². The van der Waals surface area contributed by atoms with Gasteiger partial charge in [0.1, 0.15) is 11.4 Å². The number of hydrogen-bond donors (Lipinski definition) is 3. The summed E-state index contributed by atoms with van der Waals surface area (Å²) in [4.78, 5) is 39.9. The van der Waals surface area contributed by atoms with E-state index in [1.807, 2.05) is 0 Å². The van der Waals surface area contributed by atoms with Crippen molar-refractivity contribution in [1.82, 2.24) is 19.7 Å². The number of nitrogens with one attached hydrogen (secondary N) is 3. The van der Waals surface area contributed by atoms with Gasteiger partial charge in [0, 0.05) is 11.9 Å². The van der Waals surface area contributed by atoms with Crippen LogP contribution in [0.5, 0.6) is 0 Å². The molecule has 2 aromatic heterocycles. The highest BCUT2D eigenvalue weighted by molar-refractivity contribution is 6.03. The van der Waals surface area contributed by atoms with E-state index in [1.54, 1.807) is 23.9 Å². The van der Waals surface area contributed by atoms with Crippen molar-refractivity contribution >= 4 is 11.6 Å². The topological polar surface area (TPSA) is 113 Å². The van der Waals surface area contributed by atoms with Gasteiger partial charge in [0.2, 0.25) is 0 Å². The lowest BCUT2D eigenvalue weighted by molar-refractivity contribution is 0.101. The lowest BCUT2D eigenvalue weighted by Gasteiger charge is -2.14. The van der Waals surface area contributed by atoms with E-state index in [0.29, 0.717) is 11.4 Å². The predicted molar refractivity (Wildman–Crippen MR) is 80.1 cm³/mol. The van der Waals surface area contributed by atoms with E-state index < -0.39 is 17.2 Å². The van der Waals surface area contributed by atoms with E-state index in [9.17, 15) is 14.4 Å². The minimum Gasteiger partial charge on any atom is -0.315 e. The number of hydrogen-bond acceptors (Lipinski definition) is 4. The summed E-state index contributed by atoms with van der Waals surface area (Å²) in [6, 6.07) is 1.86. The van der Waals surface area contributed by atoms with Gasteiger partial charge in [0.15, 0.2) is 0 Å². The second kappa shape index (κ2) is 5.63. The van der Waals surface area contributed by atoms with Gasteiger partial charge < -0.3 is 10.3 Å². The molecule has 8 nitrogen and oxygen atoms in total. The molecule has 1 aliphatic rings. The van der Waals surface area contributed by atoms with Crippen LogP contribution in [-0.2, 0) is 0 Å². The van der Waals surface area contributed by atoms with Crippen LogP contribution in [0.3, 0.4) is 0 Å². The molecule has 0 aromatic carbocycles. The summed E-state index contributed by atoms with van der Waals surface area (Å²) in [7, 11) is 0. The van der Waals surface area contributed by atoms with Gasteiger partial charge in [-0.3, -0.25) is 19.3 Å². The van der Waals surface area contributed by atoms with Gasteiger partial charge in [-0.1, -0.05) is 12.8 Å². The molecule has 22 heavy (non-hydrogen) atoms. The summed E-state index contributed by atoms with van der Waals surface area (Å²) in [5, 5.41) is 6.79. The van der Waals surface area contributed by atoms with Crippen molar-refractivity contribution in [2.45, 2.75) is 38.6 Å². The number of nitrogens with zero attached hydrogens (tertiary/aromatic N) is 2. The number of anilines is 1. The molecule has 2 aromatic rings. The molecule has 1 aliphatic carbocycles. The van der Waals surface area contributed by atoms with E-state index in [4.69, 9.17) is 0 Å². The third-order valence-electron chi connectivity index (χ3n) is 3.94. The molecule has 0 bridgehead atoms. The number of aryl methyl sites for hydroxylation is 1. The maximum absolute atomic E-state index is 12.4. The molecule has 0 aliphatic heterocycles. The molecule has 1 saturated carbocycles. The highest BCUT2D eigenvalue weighted by atomic mass is 16.2. The fourth-order valence-corrected chi connectivity index (χ4v) is 2.86. The lowest BCUT2D eigenvalue weighted by atomic mass is 10.2. The van der Waals surface area contributed by atoms with E-state index in [0.717, 1.165) is 25.7 Å². The Balaban J connectivity index is 1.89. The number of aromatic nitrogens is 4. The summed E-state index contributed by atoms with van der Waals surface area (Å²) in [6.07, 6.45) is 5.84. The number of rotatable bonds is 3. The summed E-state index contributed by atoms with van der Waals surface area (Å²) in [5.74, 6) is -0.412. The maximum atomic E-state index is 12.4. The maximum Gasteiger partial charge on any atom is 0.326 e. The zero-order chi connectivity index (χ0) is 15.7. The minimum absolute atomic E-state index is 0.0452. The minimum atomic E-state index is -0.624. The largest absolute Gasteiger partial charge is 0.326 e. The molecule has 0 atom stereocenters. The monoisotopic (exact) mass is 303 g/mol. The molecule has 1 fully saturated rings. The number of amides is 1. The molecular formula is C14H17N5O3. The van der Waals surface area contributed by atoms with Gasteiger partial charge in [-0.25, -0.2) is 4.79 Å². The van der Waals surface area contributed by atoms with Crippen molar-refractivity contribution in [2.24, 2.45) is 0 Å². The Morgan fingerprint density at radius 1 is 1.32 bits per heavy atom. The zero-order valence-corrected chi connectivity index (χ0v) is 12.2. The third-order valence-corrected chi connectivity index (χ3v) is 3.94. The first-order valence-corrected chi connectivity index (χ1v) is 7.24. The summed E-state index contributed by atoms with van der Waals surface area (Å²) < 4.78 is 1.72. The smallest absolute Gasteiger partial charge is 0.315 e. The normalized spacial score (nSPS) is 15.1. The quantitative estimate of drug-likeness (QED) is 0.783. The van der Waals surface area contributed by atoms with E-state index >= 15 is 0 Å². The second-order valence-electron chi connectivity index (χ2n) is 5.46. The van der Waals surface area contributed by atoms with E-state index in [1.165, 1.54) is 0 Å². The first kappa shape index (κ1) is 14.3. The Bertz CT molecular complexity index is 810. The van der Waals surface area contributed by atoms with Crippen LogP contribution >= 0.6 is 0 Å². The second-order valence-corrected chi connectivity index (χ2v) is 5.46. The first-order valence-electron chi connectivity index (χ1n) is 7.24. The summed E-state index contributed by atoms with van der Waals surface area (Å²) >= 11 is 0. The Morgan fingerprint density at radius 2 is 2.05 bits per heavy atom. The summed E-state index contributed by atoms with van der Waals surface area (Å²) in [5.41, 5.74) is -0.451. The average Bonchev–Trinajstić information content (AvgIpc) is 3.11. The average molecular weight is 303 g/mol. The van der Waals surface area contributed by atoms with Crippen molar-refractivity contribution in [3.8, 4) is 0 Å². The molecule has 3 rings (SSSR count). The van der Waals surface area contributed by atoms with Crippen molar-refractivity contribution in [3.63, 3.8) is 0 Å². The SMILES string of the molecule is Cc1[nH]c(=O)[nH]c(=O)c1NC(=O)c1ccnn1C1CCCC1. The number of carbonyl (C=O) groups excluding carboxylic acids is 1. The van der Waals surface area contributed by atoms with Crippen LogP contribution < -0.4 is 16.6 Å². The van der Waals surface area contributed by atoms with Gasteiger partial charge >= 0.3 is 5.69 Å². The molecule has 3 N–H and O–H groups in total. The fraction of sp³-hybridized carbons (Fsp3) is 0.429. The van der Waals surface area contributed by atoms with Crippen LogP contribution in [-0.4, -0.2) is 25.7 Å². The number of aromatic amines is 2. The first-order chi connectivity index (χ1) is 10.6. The van der Waals surface area contributed by atoms with Crippen molar-refractivity contribution in [1.29, 1.82) is 0 Å². The molecule has 0 saturated heterocycles. The standard InChI is InChI=1S/C14H17N5O3/c1-8-11(13(21)18-14(22)16-8)17-12(20)10-6-7-15-19(10)9-4-2-3-5-9/h6-7,9H,2-5H2,1H3,(H,17,20)(H2,16,18,21,22). The van der Waals surface area contributed by atoms with Gasteiger partial charge in [-0.2, -0.15) is 5.10 Å². The van der Waals surface area contributed by atoms with E-state index in [-0.39, 0.29) is 11.7 Å². The van der Waals surface area contributed by atoms with Crippen LogP contribution in [0.15, 0.2) is 21.9 Å². The van der Waals surface area contributed by atoms with Crippen molar-refractivity contribution in [2.75, 3.05) is 5.32 Å². The van der Waals surface area contributed by atoms with Crippen LogP contribution in [0.1, 0.15) is 47.9 Å². The van der Waals surface area contributed by atoms with Crippen LogP contribution in [0.4, 0.5) is 5.69 Å². The Morgan fingerprint density at radius 3 is 2.73 bits per heavy atom. The molecule has 0 spiro atoms. The molecule has 2 heterocycles. The summed E-state index contributed by atoms with van der Waals surface area (Å²) in [6.45, 7) is 1.56. The highest BCUT2D eigenvalue weighted by Gasteiger charge is 2.23. The van der Waals surface area contributed by atoms with Crippen LogP contribution in [0.2, 0.25) is 0 Å². The Labute approximate surface area is 125 Å². The van der Waals surface area contributed by atoms with Crippen molar-refractivity contribution < 1.29 is 4.79 Å². The highest BCUT2D eigenvalue weighted by Crippen LogP contribution is 2.29. The number of H-pyrrole nitrogens is 2. The van der Waals surface area contributed by atoms with E-state index in [2.05, 4.69) is 20.4 Å². The number of carbonyl (C=O) groups is 1. The Kier molecular flexibility index (Phi) is 3.66. The lowest BCUT2D eigenvalue weighted by Crippen LogP contribution is -2.29. The Hall–Kier alpha value is -2.64. The van der Waals surface area contributed by atoms with Gasteiger partial charge in [-0.15, -0.1) is 0 Å². The van der Waals surface area contributed by atoms with Gasteiger partial charge in [-0.05, 0) is 25.8 Å². The molecule has 1 amide bonds. The zero-order valence-electron chi connectivity index (χ0n) is 12.2. The van der Waals surface area contributed by atoms with Crippen molar-refractivity contribution in [3.05, 3.63) is 44.5 Å². The fourth-order valence-electron chi connectivity index (χ4n) is 2.86. The van der Waals surface area contributed by atoms with Gasteiger partial charge in [0.25, 0.3) is 11.5 Å². The molecule has 0 radical (unpaired) electrons. The van der Waals surface area contributed by atoms with Gasteiger partial charge in [0.05, 0.1) is 6.04 Å². The predicted octanol–water partition coefficient (Wildman–Crippen LogP) is 0.936. The molecule has 116 valence electrons. The molecule has 0 unspecified atom stereocenters.